The molecule has 2 unspecified atom stereocenters. The van der Waals surface area contributed by atoms with Gasteiger partial charge in [-0.05, 0) is 87.1 Å². The van der Waals surface area contributed by atoms with Crippen molar-refractivity contribution in [3.05, 3.63) is 71.2 Å². The molecule has 1 saturated heterocycles. The molecule has 60 heavy (non-hydrogen) atoms. The lowest BCUT2D eigenvalue weighted by molar-refractivity contribution is -0.143. The predicted molar refractivity (Wildman–Crippen MR) is 229 cm³/mol. The van der Waals surface area contributed by atoms with Crippen LogP contribution in [0.2, 0.25) is 5.02 Å². The maximum absolute atomic E-state index is 14.5. The third-order valence-corrected chi connectivity index (χ3v) is 13.7. The first kappa shape index (κ1) is 46.4. The Balaban J connectivity index is 1.50. The molecule has 15 nitrogen and oxygen atoms in total. The van der Waals surface area contributed by atoms with E-state index in [0.29, 0.717) is 23.4 Å². The van der Waals surface area contributed by atoms with Crippen LogP contribution in [0, 0.1) is 5.92 Å². The Morgan fingerprint density at radius 2 is 1.57 bits per heavy atom. The smallest absolute Gasteiger partial charge is 0.418 e. The number of nitrogens with zero attached hydrogens (tertiary/aromatic N) is 2. The lowest BCUT2D eigenvalue weighted by Crippen LogP contribution is -2.57. The number of fused-ring (bicyclic) bond motifs is 1. The SMILES string of the molecule is CCCCCCNS(=O)(=O)c1ccc(Cl)c(NS(=O)(=O)c2ccc(OCC(CC)CCCC)c(NC(=O)C(C(=O)N3CCc4ccccc43)N3C(=O)OC(C)(C)C3=O)c2)c1. The average Bonchev–Trinajstić information content (AvgIpc) is 3.72. The maximum Gasteiger partial charge on any atom is 0.418 e. The summed E-state index contributed by atoms with van der Waals surface area (Å²) in [7, 11) is -8.56. The van der Waals surface area contributed by atoms with Gasteiger partial charge < -0.3 is 19.7 Å². The standard InChI is InChI=1S/C42H54ClN5O10S2/c1-6-9-11-14-23-44-59(53,54)30-18-20-32(43)33(25-30)46-60(55,56)31-19-21-36(57-27-28(8-3)15-10-7-2)34(26-31)45-38(49)37(48-40(51)42(4,5)58-41(48)52)39(50)47-24-22-29-16-12-13-17-35(29)47/h12-13,16-21,25-26,28,37,44,46H,6-11,14-15,22-24,27H2,1-5H3,(H,45,49). The van der Waals surface area contributed by atoms with E-state index >= 15 is 0 Å². The number of para-hydroxylation sites is 1. The summed E-state index contributed by atoms with van der Waals surface area (Å²) in [5.74, 6) is -2.74. The number of unbranched alkanes of at least 4 members (excludes halogenated alkanes) is 4. The fourth-order valence-electron chi connectivity index (χ4n) is 6.96. The van der Waals surface area contributed by atoms with Crippen molar-refractivity contribution in [1.82, 2.24) is 9.62 Å². The van der Waals surface area contributed by atoms with Gasteiger partial charge in [-0.2, -0.15) is 0 Å². The van der Waals surface area contributed by atoms with Gasteiger partial charge in [-0.15, -0.1) is 0 Å². The first-order valence-electron chi connectivity index (χ1n) is 20.3. The molecule has 2 aliphatic rings. The Labute approximate surface area is 357 Å². The molecule has 3 aromatic carbocycles. The summed E-state index contributed by atoms with van der Waals surface area (Å²) in [5, 5.41) is 2.52. The normalized spacial score (nSPS) is 16.0. The molecule has 3 N–H and O–H groups in total. The molecule has 0 saturated carbocycles. The fourth-order valence-corrected chi connectivity index (χ4v) is 9.38. The Morgan fingerprint density at radius 3 is 2.25 bits per heavy atom. The third-order valence-electron chi connectivity index (χ3n) is 10.5. The first-order chi connectivity index (χ1) is 28.4. The highest BCUT2D eigenvalue weighted by atomic mass is 35.5. The van der Waals surface area contributed by atoms with Crippen molar-refractivity contribution in [3.63, 3.8) is 0 Å². The van der Waals surface area contributed by atoms with Crippen LogP contribution in [0.4, 0.5) is 21.9 Å². The van der Waals surface area contributed by atoms with E-state index in [1.54, 1.807) is 12.1 Å². The highest BCUT2D eigenvalue weighted by Gasteiger charge is 2.55. The summed E-state index contributed by atoms with van der Waals surface area (Å²) in [6, 6.07) is 12.3. The quantitative estimate of drug-likeness (QED) is 0.0724. The number of carbonyl (C=O) groups is 4. The van der Waals surface area contributed by atoms with Gasteiger partial charge in [0.2, 0.25) is 16.1 Å². The van der Waals surface area contributed by atoms with E-state index in [4.69, 9.17) is 21.1 Å². The van der Waals surface area contributed by atoms with Crippen LogP contribution in [0.15, 0.2) is 70.5 Å². The first-order valence-corrected chi connectivity index (χ1v) is 23.6. The lowest BCUT2D eigenvalue weighted by Gasteiger charge is -2.28. The van der Waals surface area contributed by atoms with Gasteiger partial charge >= 0.3 is 6.09 Å². The largest absolute Gasteiger partial charge is 0.491 e. The Hall–Kier alpha value is -4.71. The number of halogens is 1. The van der Waals surface area contributed by atoms with Gasteiger partial charge in [0.1, 0.15) is 5.75 Å². The number of imide groups is 1. The van der Waals surface area contributed by atoms with Gasteiger partial charge in [-0.25, -0.2) is 31.3 Å². The highest BCUT2D eigenvalue weighted by Crippen LogP contribution is 2.35. The molecule has 0 aliphatic carbocycles. The number of carbonyl (C=O) groups excluding carboxylic acids is 4. The monoisotopic (exact) mass is 887 g/mol. The molecule has 0 radical (unpaired) electrons. The summed E-state index contributed by atoms with van der Waals surface area (Å²) in [6.45, 7) is 9.41. The number of amides is 4. The second kappa shape index (κ2) is 19.8. The number of nitrogens with one attached hydrogen (secondary N) is 3. The van der Waals surface area contributed by atoms with Gasteiger partial charge in [0.15, 0.2) is 5.60 Å². The van der Waals surface area contributed by atoms with E-state index in [-0.39, 0.29) is 52.7 Å². The summed E-state index contributed by atoms with van der Waals surface area (Å²) in [4.78, 5) is 57.0. The van der Waals surface area contributed by atoms with Crippen molar-refractivity contribution in [2.24, 2.45) is 5.92 Å². The molecular weight excluding hydrogens is 834 g/mol. The van der Waals surface area contributed by atoms with Crippen LogP contribution in [0.3, 0.4) is 0 Å². The maximum atomic E-state index is 14.5. The Bertz CT molecular complexity index is 2300. The number of rotatable bonds is 21. The van der Waals surface area contributed by atoms with E-state index in [1.165, 1.54) is 43.0 Å². The number of hydrogen-bond acceptors (Lipinski definition) is 10. The number of hydrogen-bond donors (Lipinski definition) is 3. The van der Waals surface area contributed by atoms with Crippen LogP contribution in [-0.2, 0) is 45.6 Å². The van der Waals surface area contributed by atoms with Gasteiger partial charge in [0.05, 0.1) is 32.8 Å². The summed E-state index contributed by atoms with van der Waals surface area (Å²) in [6.07, 6.45) is 6.26. The Morgan fingerprint density at radius 1 is 0.883 bits per heavy atom. The lowest BCUT2D eigenvalue weighted by atomic mass is 10.0. The van der Waals surface area contributed by atoms with Crippen LogP contribution in [0.5, 0.6) is 5.75 Å². The number of anilines is 3. The summed E-state index contributed by atoms with van der Waals surface area (Å²) < 4.78 is 70.6. The molecule has 18 heteroatoms. The number of ether oxygens (including phenoxy) is 2. The van der Waals surface area contributed by atoms with Crippen LogP contribution in [-0.4, -0.2) is 76.9 Å². The molecule has 2 heterocycles. The molecule has 2 aliphatic heterocycles. The van der Waals surface area contributed by atoms with Gasteiger partial charge in [0, 0.05) is 18.8 Å². The second-order valence-corrected chi connectivity index (χ2v) is 19.3. The summed E-state index contributed by atoms with van der Waals surface area (Å²) >= 11 is 6.38. The highest BCUT2D eigenvalue weighted by molar-refractivity contribution is 7.92. The minimum Gasteiger partial charge on any atom is -0.491 e. The zero-order chi connectivity index (χ0) is 43.8. The predicted octanol–water partition coefficient (Wildman–Crippen LogP) is 7.25. The number of benzene rings is 3. The number of sulfonamides is 2. The van der Waals surface area contributed by atoms with Gasteiger partial charge in [0.25, 0.3) is 27.7 Å². The molecule has 0 aromatic heterocycles. The van der Waals surface area contributed by atoms with Gasteiger partial charge in [-0.1, -0.05) is 89.1 Å². The molecule has 1 fully saturated rings. The van der Waals surface area contributed by atoms with Crippen molar-refractivity contribution in [1.29, 1.82) is 0 Å². The third kappa shape index (κ3) is 10.8. The van der Waals surface area contributed by atoms with Crippen molar-refractivity contribution in [2.45, 2.75) is 114 Å². The minimum absolute atomic E-state index is 0.0572. The molecule has 3 aromatic rings. The van der Waals surface area contributed by atoms with E-state index in [2.05, 4.69) is 21.7 Å². The van der Waals surface area contributed by atoms with E-state index < -0.39 is 60.4 Å². The molecule has 326 valence electrons. The fraction of sp³-hybridized carbons (Fsp3) is 0.476. The van der Waals surface area contributed by atoms with Crippen LogP contribution in [0.1, 0.15) is 91.5 Å². The second-order valence-electron chi connectivity index (χ2n) is 15.4. The van der Waals surface area contributed by atoms with Crippen molar-refractivity contribution >= 4 is 72.5 Å². The summed E-state index contributed by atoms with van der Waals surface area (Å²) in [5.41, 5.74) is -0.732. The Kier molecular flexibility index (Phi) is 15.3. The number of cyclic esters (lactones) is 1. The molecule has 5 rings (SSSR count). The molecule has 0 bridgehead atoms. The van der Waals surface area contributed by atoms with Crippen LogP contribution in [0.25, 0.3) is 0 Å². The van der Waals surface area contributed by atoms with Crippen molar-refractivity contribution in [3.8, 4) is 5.75 Å². The molecule has 4 amide bonds. The van der Waals surface area contributed by atoms with Gasteiger partial charge in [-0.3, -0.25) is 19.1 Å². The van der Waals surface area contributed by atoms with Crippen molar-refractivity contribution in [2.75, 3.05) is 34.6 Å². The van der Waals surface area contributed by atoms with Crippen LogP contribution >= 0.6 is 11.6 Å². The minimum atomic E-state index is -4.55. The average molecular weight is 889 g/mol. The zero-order valence-corrected chi connectivity index (χ0v) is 37.0. The molecular formula is C42H54ClN5O10S2. The molecule has 2 atom stereocenters. The van der Waals surface area contributed by atoms with Crippen molar-refractivity contribution < 1.29 is 45.5 Å². The van der Waals surface area contributed by atoms with E-state index in [9.17, 15) is 36.0 Å². The van der Waals surface area contributed by atoms with Crippen LogP contribution < -0.4 is 24.4 Å². The van der Waals surface area contributed by atoms with E-state index in [0.717, 1.165) is 62.6 Å². The molecule has 0 spiro atoms. The zero-order valence-electron chi connectivity index (χ0n) is 34.6. The van der Waals surface area contributed by atoms with E-state index in [1.807, 2.05) is 26.0 Å². The topological polar surface area (TPSA) is 198 Å².